The van der Waals surface area contributed by atoms with Crippen LogP contribution in [0.1, 0.15) is 45.2 Å². The molecule has 2 N–H and O–H groups in total. The molecule has 1 aliphatic rings. The number of hydrogen-bond donors (Lipinski definition) is 2. The first-order valence-electron chi connectivity index (χ1n) is 7.74. The van der Waals surface area contributed by atoms with Gasteiger partial charge in [-0.05, 0) is 32.0 Å². The lowest BCUT2D eigenvalue weighted by atomic mass is 10.1. The van der Waals surface area contributed by atoms with E-state index in [9.17, 15) is 4.79 Å². The van der Waals surface area contributed by atoms with Crippen LogP contribution in [0, 0.1) is 0 Å². The number of carbonyl (C=O) groups is 1. The van der Waals surface area contributed by atoms with Crippen LogP contribution in [0.3, 0.4) is 0 Å². The van der Waals surface area contributed by atoms with Crippen molar-refractivity contribution < 1.29 is 4.79 Å². The van der Waals surface area contributed by atoms with Crippen molar-refractivity contribution in [1.29, 1.82) is 0 Å². The second-order valence-corrected chi connectivity index (χ2v) is 5.71. The van der Waals surface area contributed by atoms with Gasteiger partial charge < -0.3 is 15.5 Å². The zero-order valence-electron chi connectivity index (χ0n) is 13.0. The highest BCUT2D eigenvalue weighted by atomic mass is 35.5. The quantitative estimate of drug-likeness (QED) is 0.809. The summed E-state index contributed by atoms with van der Waals surface area (Å²) in [7, 11) is 0. The lowest BCUT2D eigenvalue weighted by molar-refractivity contribution is -0.117. The molecule has 1 unspecified atom stereocenters. The second-order valence-electron chi connectivity index (χ2n) is 5.30. The van der Waals surface area contributed by atoms with Crippen LogP contribution in [0.4, 0.5) is 11.4 Å². The number of hydrogen-bond acceptors (Lipinski definition) is 3. The van der Waals surface area contributed by atoms with Gasteiger partial charge >= 0.3 is 0 Å². The fourth-order valence-electron chi connectivity index (χ4n) is 2.72. The van der Waals surface area contributed by atoms with Gasteiger partial charge in [0.15, 0.2) is 0 Å². The first-order chi connectivity index (χ1) is 10.1. The summed E-state index contributed by atoms with van der Waals surface area (Å²) in [5.41, 5.74) is 2.83. The van der Waals surface area contributed by atoms with Crippen molar-refractivity contribution in [2.24, 2.45) is 0 Å². The molecule has 1 amide bonds. The van der Waals surface area contributed by atoms with Crippen molar-refractivity contribution in [3.05, 3.63) is 22.7 Å². The largest absolute Gasteiger partial charge is 0.371 e. The van der Waals surface area contributed by atoms with Gasteiger partial charge in [-0.15, -0.1) is 0 Å². The Hall–Kier alpha value is -1.26. The van der Waals surface area contributed by atoms with Crippen LogP contribution in [0.25, 0.3) is 0 Å². The van der Waals surface area contributed by atoms with Gasteiger partial charge in [0.2, 0.25) is 5.91 Å². The number of likely N-dealkylation sites (N-methyl/N-ethyl adjacent to an activating group) is 1. The van der Waals surface area contributed by atoms with Gasteiger partial charge in [-0.1, -0.05) is 31.9 Å². The normalized spacial score (nSPS) is 16.8. The third-order valence-corrected chi connectivity index (χ3v) is 4.17. The highest BCUT2D eigenvalue weighted by Crippen LogP contribution is 2.39. The Kier molecular flexibility index (Phi) is 5.48. The maximum Gasteiger partial charge on any atom is 0.246 e. The van der Waals surface area contributed by atoms with Crippen LogP contribution in [0.15, 0.2) is 12.1 Å². The highest BCUT2D eigenvalue weighted by molar-refractivity contribution is 6.33. The molecule has 0 aliphatic carbocycles. The first kappa shape index (κ1) is 16.1. The van der Waals surface area contributed by atoms with E-state index in [1.807, 2.05) is 19.1 Å². The molecule has 0 fully saturated rings. The molecule has 5 heteroatoms. The van der Waals surface area contributed by atoms with E-state index in [1.165, 1.54) is 0 Å². The first-order valence-corrected chi connectivity index (χ1v) is 8.12. The number of unbranched alkanes of at least 4 members (excludes halogenated alkanes) is 1. The predicted octanol–water partition coefficient (Wildman–Crippen LogP) is 3.57. The monoisotopic (exact) mass is 309 g/mol. The standard InChI is InChI=1S/C16H24ClN3O/c1-4-7-8-20(6-3)14-10-13-11(9-12(14)17)15(18-5-2)16(21)19-13/h9-10,15,18H,4-8H2,1-3H3,(H,19,21). The van der Waals surface area contributed by atoms with Crippen LogP contribution < -0.4 is 15.5 Å². The summed E-state index contributed by atoms with van der Waals surface area (Å²) in [6.45, 7) is 8.93. The number of nitrogens with one attached hydrogen (secondary N) is 2. The molecule has 0 spiro atoms. The zero-order valence-corrected chi connectivity index (χ0v) is 13.8. The van der Waals surface area contributed by atoms with E-state index < -0.39 is 0 Å². The van der Waals surface area contributed by atoms with Crippen molar-refractivity contribution in [2.45, 2.75) is 39.7 Å². The van der Waals surface area contributed by atoms with Crippen LogP contribution in [-0.2, 0) is 4.79 Å². The van der Waals surface area contributed by atoms with Crippen molar-refractivity contribution in [2.75, 3.05) is 29.9 Å². The zero-order chi connectivity index (χ0) is 15.4. The highest BCUT2D eigenvalue weighted by Gasteiger charge is 2.31. The fraction of sp³-hybridized carbons (Fsp3) is 0.562. The molecule has 0 saturated heterocycles. The van der Waals surface area contributed by atoms with E-state index in [0.29, 0.717) is 5.02 Å². The van der Waals surface area contributed by atoms with Crippen molar-refractivity contribution >= 4 is 28.9 Å². The van der Waals surface area contributed by atoms with Crippen LogP contribution in [-0.4, -0.2) is 25.5 Å². The number of fused-ring (bicyclic) bond motifs is 1. The van der Waals surface area contributed by atoms with Gasteiger partial charge in [0, 0.05) is 24.3 Å². The van der Waals surface area contributed by atoms with Gasteiger partial charge in [-0.2, -0.15) is 0 Å². The Bertz CT molecular complexity index is 518. The minimum absolute atomic E-state index is 0.00308. The minimum atomic E-state index is -0.290. The van der Waals surface area contributed by atoms with Crippen molar-refractivity contribution in [3.63, 3.8) is 0 Å². The Morgan fingerprint density at radius 3 is 2.71 bits per heavy atom. The number of halogens is 1. The Morgan fingerprint density at radius 2 is 2.10 bits per heavy atom. The van der Waals surface area contributed by atoms with Crippen molar-refractivity contribution in [3.8, 4) is 0 Å². The van der Waals surface area contributed by atoms with Gasteiger partial charge in [-0.3, -0.25) is 4.79 Å². The van der Waals surface area contributed by atoms with E-state index in [2.05, 4.69) is 29.4 Å². The van der Waals surface area contributed by atoms with Gasteiger partial charge in [0.25, 0.3) is 0 Å². The number of anilines is 2. The Labute approximate surface area is 131 Å². The molecule has 2 rings (SSSR count). The van der Waals surface area contributed by atoms with E-state index in [1.54, 1.807) is 0 Å². The maximum absolute atomic E-state index is 12.0. The van der Waals surface area contributed by atoms with Gasteiger partial charge in [0.1, 0.15) is 6.04 Å². The number of rotatable bonds is 7. The van der Waals surface area contributed by atoms with Crippen molar-refractivity contribution in [1.82, 2.24) is 5.32 Å². The number of nitrogens with zero attached hydrogens (tertiary/aromatic N) is 1. The number of carbonyl (C=O) groups excluding carboxylic acids is 1. The third-order valence-electron chi connectivity index (χ3n) is 3.86. The van der Waals surface area contributed by atoms with E-state index in [4.69, 9.17) is 11.6 Å². The van der Waals surface area contributed by atoms with Gasteiger partial charge in [0.05, 0.1) is 10.7 Å². The maximum atomic E-state index is 12.0. The molecule has 0 bridgehead atoms. The summed E-state index contributed by atoms with van der Waals surface area (Å²) in [5.74, 6) is -0.00308. The molecule has 1 aliphatic heterocycles. The molecular weight excluding hydrogens is 286 g/mol. The lowest BCUT2D eigenvalue weighted by Gasteiger charge is -2.25. The smallest absolute Gasteiger partial charge is 0.246 e. The topological polar surface area (TPSA) is 44.4 Å². The van der Waals surface area contributed by atoms with Gasteiger partial charge in [-0.25, -0.2) is 0 Å². The summed E-state index contributed by atoms with van der Waals surface area (Å²) in [6, 6.07) is 3.64. The summed E-state index contributed by atoms with van der Waals surface area (Å²) in [5, 5.41) is 6.85. The molecule has 116 valence electrons. The molecule has 0 radical (unpaired) electrons. The molecular formula is C16H24ClN3O. The fourth-order valence-corrected chi connectivity index (χ4v) is 3.01. The lowest BCUT2D eigenvalue weighted by Crippen LogP contribution is -2.27. The molecule has 1 heterocycles. The third kappa shape index (κ3) is 3.33. The minimum Gasteiger partial charge on any atom is -0.371 e. The average Bonchev–Trinajstić information content (AvgIpc) is 2.76. The molecule has 0 saturated carbocycles. The summed E-state index contributed by atoms with van der Waals surface area (Å²) in [6.07, 6.45) is 2.28. The molecule has 1 aromatic carbocycles. The summed E-state index contributed by atoms with van der Waals surface area (Å²) < 4.78 is 0. The summed E-state index contributed by atoms with van der Waals surface area (Å²) >= 11 is 6.47. The molecule has 0 aromatic heterocycles. The van der Waals surface area contributed by atoms with E-state index in [0.717, 1.165) is 49.4 Å². The summed E-state index contributed by atoms with van der Waals surface area (Å²) in [4.78, 5) is 14.3. The SMILES string of the molecule is CCCCN(CC)c1cc2c(cc1Cl)C(NCC)C(=O)N2. The molecule has 1 aromatic rings. The second kappa shape index (κ2) is 7.14. The number of benzene rings is 1. The predicted molar refractivity (Wildman–Crippen MR) is 89.3 cm³/mol. The van der Waals surface area contributed by atoms with E-state index in [-0.39, 0.29) is 11.9 Å². The number of amides is 1. The Balaban J connectivity index is 2.31. The Morgan fingerprint density at radius 1 is 1.33 bits per heavy atom. The van der Waals surface area contributed by atoms with Crippen LogP contribution in [0.2, 0.25) is 5.02 Å². The molecule has 1 atom stereocenters. The van der Waals surface area contributed by atoms with E-state index >= 15 is 0 Å². The van der Waals surface area contributed by atoms with Crippen LogP contribution in [0.5, 0.6) is 0 Å². The van der Waals surface area contributed by atoms with Crippen LogP contribution >= 0.6 is 11.6 Å². The average molecular weight is 310 g/mol. The molecule has 21 heavy (non-hydrogen) atoms. The molecule has 4 nitrogen and oxygen atoms in total.